The van der Waals surface area contributed by atoms with Gasteiger partial charge in [-0.25, -0.2) is 4.79 Å². The van der Waals surface area contributed by atoms with Crippen LogP contribution in [0.5, 0.6) is 0 Å². The second kappa shape index (κ2) is 7.10. The molecular formula is C14H26N2O2. The summed E-state index contributed by atoms with van der Waals surface area (Å²) >= 11 is 0. The Labute approximate surface area is 110 Å². The predicted molar refractivity (Wildman–Crippen MR) is 71.3 cm³/mol. The summed E-state index contributed by atoms with van der Waals surface area (Å²) in [5, 5.41) is 0. The monoisotopic (exact) mass is 254 g/mol. The molecule has 0 aromatic rings. The van der Waals surface area contributed by atoms with Gasteiger partial charge in [0.25, 0.3) is 0 Å². The molecule has 0 amide bonds. The molecule has 0 atom stereocenters. The summed E-state index contributed by atoms with van der Waals surface area (Å²) in [4.78, 5) is 16.9. The molecule has 18 heavy (non-hydrogen) atoms. The van der Waals surface area contributed by atoms with E-state index in [0.717, 1.165) is 26.2 Å². The second-order valence-electron chi connectivity index (χ2n) is 5.32. The van der Waals surface area contributed by atoms with Crippen LogP contribution in [-0.2, 0) is 9.53 Å². The summed E-state index contributed by atoms with van der Waals surface area (Å²) < 4.78 is 5.29. The summed E-state index contributed by atoms with van der Waals surface area (Å²) in [6.07, 6.45) is 7.32. The van der Waals surface area contributed by atoms with Crippen LogP contribution < -0.4 is 0 Å². The lowest BCUT2D eigenvalue weighted by Gasteiger charge is -2.41. The van der Waals surface area contributed by atoms with E-state index in [9.17, 15) is 4.79 Å². The smallest absolute Gasteiger partial charge is 0.338 e. The largest absolute Gasteiger partial charge is 0.464 e. The molecule has 0 unspecified atom stereocenters. The average molecular weight is 254 g/mol. The lowest BCUT2D eigenvalue weighted by atomic mass is 10.1. The highest BCUT2D eigenvalue weighted by molar-refractivity contribution is 5.75. The van der Waals surface area contributed by atoms with E-state index >= 15 is 0 Å². The quantitative estimate of drug-likeness (QED) is 0.717. The lowest BCUT2D eigenvalue weighted by molar-refractivity contribution is -0.159. The average Bonchev–Trinajstić information content (AvgIpc) is 2.42. The highest BCUT2D eigenvalue weighted by Gasteiger charge is 2.34. The molecule has 0 N–H and O–H groups in total. The van der Waals surface area contributed by atoms with Crippen LogP contribution >= 0.6 is 0 Å². The van der Waals surface area contributed by atoms with Gasteiger partial charge in [0.15, 0.2) is 6.17 Å². The normalized spacial score (nSPS) is 23.2. The van der Waals surface area contributed by atoms with Gasteiger partial charge in [0.1, 0.15) is 0 Å². The maximum Gasteiger partial charge on any atom is 0.338 e. The van der Waals surface area contributed by atoms with Gasteiger partial charge in [-0.3, -0.25) is 9.80 Å². The Balaban J connectivity index is 2.02. The number of nitrogens with zero attached hydrogens (tertiary/aromatic N) is 2. The standard InChI is InChI=1S/C14H26N2O2/c1-2-18-14(17)13(15-9-5-3-6-10-15)16-11-7-4-8-12-16/h13H,2-12H2,1H3. The van der Waals surface area contributed by atoms with Crippen molar-refractivity contribution in [3.05, 3.63) is 0 Å². The highest BCUT2D eigenvalue weighted by Crippen LogP contribution is 2.20. The van der Waals surface area contributed by atoms with Crippen molar-refractivity contribution in [2.45, 2.75) is 51.6 Å². The van der Waals surface area contributed by atoms with Gasteiger partial charge in [0.2, 0.25) is 0 Å². The van der Waals surface area contributed by atoms with Crippen LogP contribution in [0.4, 0.5) is 0 Å². The summed E-state index contributed by atoms with van der Waals surface area (Å²) in [6.45, 7) is 6.54. The third-order valence-corrected chi connectivity index (χ3v) is 3.97. The fourth-order valence-electron chi connectivity index (χ4n) is 3.07. The van der Waals surface area contributed by atoms with Crippen molar-refractivity contribution in [1.29, 1.82) is 0 Å². The maximum atomic E-state index is 12.2. The number of hydrogen-bond donors (Lipinski definition) is 0. The van der Waals surface area contributed by atoms with E-state index in [1.807, 2.05) is 6.92 Å². The molecule has 0 aliphatic carbocycles. The van der Waals surface area contributed by atoms with Crippen molar-refractivity contribution >= 4 is 5.97 Å². The first-order valence-electron chi connectivity index (χ1n) is 7.47. The summed E-state index contributed by atoms with van der Waals surface area (Å²) in [6, 6.07) is 0. The van der Waals surface area contributed by atoms with E-state index < -0.39 is 0 Å². The van der Waals surface area contributed by atoms with Gasteiger partial charge in [0, 0.05) is 26.2 Å². The number of hydrogen-bond acceptors (Lipinski definition) is 4. The first-order chi connectivity index (χ1) is 8.83. The van der Waals surface area contributed by atoms with Crippen LogP contribution in [-0.4, -0.2) is 54.7 Å². The third-order valence-electron chi connectivity index (χ3n) is 3.97. The molecular weight excluding hydrogens is 228 g/mol. The van der Waals surface area contributed by atoms with Gasteiger partial charge in [-0.1, -0.05) is 12.8 Å². The molecule has 2 aliphatic rings. The van der Waals surface area contributed by atoms with Gasteiger partial charge in [-0.15, -0.1) is 0 Å². The first-order valence-corrected chi connectivity index (χ1v) is 7.47. The number of piperidine rings is 2. The molecule has 2 aliphatic heterocycles. The molecule has 0 spiro atoms. The molecule has 0 bridgehead atoms. The van der Waals surface area contributed by atoms with Crippen LogP contribution in [0.25, 0.3) is 0 Å². The minimum Gasteiger partial charge on any atom is -0.464 e. The van der Waals surface area contributed by atoms with Gasteiger partial charge < -0.3 is 4.74 Å². The molecule has 0 aromatic carbocycles. The van der Waals surface area contributed by atoms with E-state index in [4.69, 9.17) is 4.74 Å². The van der Waals surface area contributed by atoms with Crippen LogP contribution in [0.2, 0.25) is 0 Å². The van der Waals surface area contributed by atoms with Crippen LogP contribution in [0.3, 0.4) is 0 Å². The number of esters is 1. The molecule has 2 heterocycles. The second-order valence-corrected chi connectivity index (χ2v) is 5.32. The molecule has 4 heteroatoms. The number of ether oxygens (including phenoxy) is 1. The first kappa shape index (κ1) is 13.8. The van der Waals surface area contributed by atoms with Crippen LogP contribution in [0, 0.1) is 0 Å². The summed E-state index contributed by atoms with van der Waals surface area (Å²) in [7, 11) is 0. The van der Waals surface area contributed by atoms with Gasteiger partial charge in [-0.05, 0) is 32.6 Å². The Morgan fingerprint density at radius 3 is 1.78 bits per heavy atom. The summed E-state index contributed by atoms with van der Waals surface area (Å²) in [5.41, 5.74) is 0. The van der Waals surface area contributed by atoms with E-state index in [1.54, 1.807) is 0 Å². The minimum absolute atomic E-state index is 0.0405. The minimum atomic E-state index is -0.120. The molecule has 2 saturated heterocycles. The van der Waals surface area contributed by atoms with E-state index in [1.165, 1.54) is 38.5 Å². The summed E-state index contributed by atoms with van der Waals surface area (Å²) in [5.74, 6) is -0.0405. The Bertz CT molecular complexity index is 241. The van der Waals surface area contributed by atoms with Gasteiger partial charge in [0.05, 0.1) is 6.61 Å². The van der Waals surface area contributed by atoms with Crippen LogP contribution in [0.15, 0.2) is 0 Å². The Morgan fingerprint density at radius 1 is 0.944 bits per heavy atom. The molecule has 0 aromatic heterocycles. The molecule has 104 valence electrons. The van der Waals surface area contributed by atoms with Crippen molar-refractivity contribution < 1.29 is 9.53 Å². The zero-order valence-electron chi connectivity index (χ0n) is 11.6. The fourth-order valence-corrected chi connectivity index (χ4v) is 3.07. The maximum absolute atomic E-state index is 12.2. The molecule has 4 nitrogen and oxygen atoms in total. The van der Waals surface area contributed by atoms with Crippen LogP contribution in [0.1, 0.15) is 45.4 Å². The van der Waals surface area contributed by atoms with Gasteiger partial charge in [-0.2, -0.15) is 0 Å². The number of rotatable bonds is 4. The zero-order valence-corrected chi connectivity index (χ0v) is 11.6. The molecule has 2 rings (SSSR count). The Morgan fingerprint density at radius 2 is 1.39 bits per heavy atom. The number of carbonyl (C=O) groups is 1. The highest BCUT2D eigenvalue weighted by atomic mass is 16.5. The number of carbonyl (C=O) groups excluding carboxylic acids is 1. The molecule has 0 radical (unpaired) electrons. The predicted octanol–water partition coefficient (Wildman–Crippen LogP) is 1.85. The topological polar surface area (TPSA) is 32.8 Å². The van der Waals surface area contributed by atoms with E-state index in [-0.39, 0.29) is 12.1 Å². The lowest BCUT2D eigenvalue weighted by Crippen LogP contribution is -2.56. The fraction of sp³-hybridized carbons (Fsp3) is 0.929. The SMILES string of the molecule is CCOC(=O)C(N1CCCCC1)N1CCCCC1. The van der Waals surface area contributed by atoms with Crippen molar-refractivity contribution in [2.24, 2.45) is 0 Å². The van der Waals surface area contributed by atoms with E-state index in [0.29, 0.717) is 6.61 Å². The van der Waals surface area contributed by atoms with Crippen molar-refractivity contribution in [2.75, 3.05) is 32.8 Å². The zero-order chi connectivity index (χ0) is 12.8. The number of likely N-dealkylation sites (tertiary alicyclic amines) is 2. The van der Waals surface area contributed by atoms with Crippen molar-refractivity contribution in [1.82, 2.24) is 9.80 Å². The molecule has 2 fully saturated rings. The van der Waals surface area contributed by atoms with Crippen molar-refractivity contribution in [3.8, 4) is 0 Å². The Kier molecular flexibility index (Phi) is 5.45. The van der Waals surface area contributed by atoms with E-state index in [2.05, 4.69) is 9.80 Å². The van der Waals surface area contributed by atoms with Gasteiger partial charge >= 0.3 is 5.97 Å². The van der Waals surface area contributed by atoms with Crippen molar-refractivity contribution in [3.63, 3.8) is 0 Å². The Hall–Kier alpha value is -0.610. The third kappa shape index (κ3) is 3.45. The molecule has 0 saturated carbocycles.